The summed E-state index contributed by atoms with van der Waals surface area (Å²) in [5.41, 5.74) is 1.89. The molecule has 7 heteroatoms. The van der Waals surface area contributed by atoms with E-state index in [9.17, 15) is 9.59 Å². The number of carbonyl (C=O) groups is 1. The van der Waals surface area contributed by atoms with Gasteiger partial charge in [0.05, 0.1) is 26.3 Å². The summed E-state index contributed by atoms with van der Waals surface area (Å²) in [5, 5.41) is 4.37. The monoisotopic (exact) mass is 443 g/mol. The largest absolute Gasteiger partial charge is 0.422 e. The Morgan fingerprint density at radius 1 is 0.828 bits per heavy atom. The van der Waals surface area contributed by atoms with Gasteiger partial charge in [-0.1, -0.05) is 65.1 Å². The van der Waals surface area contributed by atoms with Crippen LogP contribution in [0.3, 0.4) is 0 Å². The normalized spacial score (nSPS) is 10.9. The molecule has 0 saturated carbocycles. The van der Waals surface area contributed by atoms with E-state index < -0.39 is 5.63 Å². The number of hydrogen-bond acceptors (Lipinski definition) is 3. The molecule has 4 nitrogen and oxygen atoms in total. The fraction of sp³-hybridized carbons (Fsp3) is 0. The maximum atomic E-state index is 12.5. The fourth-order valence-corrected chi connectivity index (χ4v) is 3.47. The van der Waals surface area contributed by atoms with Crippen molar-refractivity contribution >= 4 is 57.4 Å². The maximum absolute atomic E-state index is 12.5. The molecule has 0 aliphatic heterocycles. The smallest absolute Gasteiger partial charge is 0.344 e. The summed E-state index contributed by atoms with van der Waals surface area (Å²) in [6.45, 7) is 0. The second-order valence-electron chi connectivity index (χ2n) is 6.26. The first-order valence-electron chi connectivity index (χ1n) is 8.51. The van der Waals surface area contributed by atoms with Crippen LogP contribution in [0.2, 0.25) is 15.1 Å². The summed E-state index contributed by atoms with van der Waals surface area (Å²) >= 11 is 18.0. The molecular weight excluding hydrogens is 433 g/mol. The molecule has 0 atom stereocenters. The van der Waals surface area contributed by atoms with Gasteiger partial charge in [0.25, 0.3) is 5.91 Å². The lowest BCUT2D eigenvalue weighted by Gasteiger charge is -2.09. The van der Waals surface area contributed by atoms with Gasteiger partial charge in [-0.15, -0.1) is 0 Å². The van der Waals surface area contributed by atoms with Crippen LogP contribution in [-0.2, 0) is 0 Å². The van der Waals surface area contributed by atoms with Crippen LogP contribution < -0.4 is 10.9 Å². The highest BCUT2D eigenvalue weighted by atomic mass is 35.5. The third kappa shape index (κ3) is 4.01. The van der Waals surface area contributed by atoms with E-state index in [0.717, 1.165) is 5.39 Å². The highest BCUT2D eigenvalue weighted by Gasteiger charge is 2.13. The Kier molecular flexibility index (Phi) is 5.33. The molecule has 0 unspecified atom stereocenters. The van der Waals surface area contributed by atoms with Crippen molar-refractivity contribution in [3.63, 3.8) is 0 Å². The first-order valence-corrected chi connectivity index (χ1v) is 9.65. The molecule has 1 amide bonds. The van der Waals surface area contributed by atoms with Gasteiger partial charge < -0.3 is 9.73 Å². The van der Waals surface area contributed by atoms with Crippen molar-refractivity contribution < 1.29 is 9.21 Å². The van der Waals surface area contributed by atoms with Crippen molar-refractivity contribution in [3.8, 4) is 11.1 Å². The summed E-state index contributed by atoms with van der Waals surface area (Å²) < 4.78 is 5.37. The van der Waals surface area contributed by atoms with Gasteiger partial charge in [-0.3, -0.25) is 4.79 Å². The fourth-order valence-electron chi connectivity index (χ4n) is 2.88. The molecule has 0 aliphatic rings. The summed E-state index contributed by atoms with van der Waals surface area (Å²) in [7, 11) is 0. The Balaban J connectivity index is 1.61. The predicted octanol–water partition coefficient (Wildman–Crippen LogP) is 6.67. The number of amides is 1. The average Bonchev–Trinajstić information content (AvgIpc) is 2.71. The third-order valence-corrected chi connectivity index (χ3v) is 5.39. The number of anilines is 1. The van der Waals surface area contributed by atoms with Crippen molar-refractivity contribution in [2.45, 2.75) is 0 Å². The number of benzene rings is 3. The number of rotatable bonds is 3. The summed E-state index contributed by atoms with van der Waals surface area (Å²) in [5.74, 6) is -0.373. The van der Waals surface area contributed by atoms with E-state index in [-0.39, 0.29) is 16.0 Å². The lowest BCUT2D eigenvalue weighted by Crippen LogP contribution is -2.12. The van der Waals surface area contributed by atoms with Crippen LogP contribution in [-0.4, -0.2) is 5.91 Å². The van der Waals surface area contributed by atoms with Crippen molar-refractivity contribution in [1.29, 1.82) is 0 Å². The minimum atomic E-state index is -0.441. The number of carbonyl (C=O) groups excluding carboxylic acids is 1. The zero-order valence-corrected chi connectivity index (χ0v) is 17.0. The van der Waals surface area contributed by atoms with Crippen LogP contribution in [0, 0.1) is 0 Å². The zero-order chi connectivity index (χ0) is 20.5. The van der Waals surface area contributed by atoms with E-state index in [1.165, 1.54) is 12.1 Å². The summed E-state index contributed by atoms with van der Waals surface area (Å²) in [6, 6.07) is 18.6. The molecule has 0 saturated heterocycles. The number of fused-ring (bicyclic) bond motifs is 1. The van der Waals surface area contributed by atoms with Gasteiger partial charge in [0.15, 0.2) is 0 Å². The Morgan fingerprint density at radius 2 is 1.52 bits per heavy atom. The molecule has 0 bridgehead atoms. The van der Waals surface area contributed by atoms with Gasteiger partial charge in [-0.25, -0.2) is 4.79 Å². The molecule has 144 valence electrons. The SMILES string of the molecule is O=C(Nc1cc(Cl)c(Cl)cc1Cl)c1ccc(-c2cc3ccccc3oc2=O)cc1. The summed E-state index contributed by atoms with van der Waals surface area (Å²) in [4.78, 5) is 24.8. The zero-order valence-electron chi connectivity index (χ0n) is 14.7. The van der Waals surface area contributed by atoms with Gasteiger partial charge in [0, 0.05) is 10.9 Å². The van der Waals surface area contributed by atoms with E-state index in [1.807, 2.05) is 12.1 Å². The molecule has 1 heterocycles. The molecular formula is C22H12Cl3NO3. The van der Waals surface area contributed by atoms with Crippen LogP contribution in [0.1, 0.15) is 10.4 Å². The highest BCUT2D eigenvalue weighted by Crippen LogP contribution is 2.32. The number of hydrogen-bond donors (Lipinski definition) is 1. The van der Waals surface area contributed by atoms with Crippen molar-refractivity contribution in [2.24, 2.45) is 0 Å². The predicted molar refractivity (Wildman–Crippen MR) is 117 cm³/mol. The second-order valence-corrected chi connectivity index (χ2v) is 7.48. The van der Waals surface area contributed by atoms with E-state index >= 15 is 0 Å². The van der Waals surface area contributed by atoms with Crippen LogP contribution in [0.4, 0.5) is 5.69 Å². The van der Waals surface area contributed by atoms with Crippen LogP contribution in [0.5, 0.6) is 0 Å². The lowest BCUT2D eigenvalue weighted by molar-refractivity contribution is 0.102. The molecule has 0 fully saturated rings. The molecule has 0 spiro atoms. The van der Waals surface area contributed by atoms with E-state index in [0.29, 0.717) is 33.0 Å². The van der Waals surface area contributed by atoms with Gasteiger partial charge in [0.1, 0.15) is 5.58 Å². The topological polar surface area (TPSA) is 59.3 Å². The van der Waals surface area contributed by atoms with Gasteiger partial charge in [-0.05, 0) is 42.0 Å². The highest BCUT2D eigenvalue weighted by molar-refractivity contribution is 6.44. The second kappa shape index (κ2) is 7.91. The van der Waals surface area contributed by atoms with E-state index in [2.05, 4.69) is 5.32 Å². The average molecular weight is 445 g/mol. The minimum absolute atomic E-state index is 0.276. The first-order chi connectivity index (χ1) is 13.9. The molecule has 4 aromatic rings. The standard InChI is InChI=1S/C22H12Cl3NO3/c23-16-10-18(25)19(11-17(16)24)26-21(27)13-7-5-12(6-8-13)15-9-14-3-1-2-4-20(14)29-22(15)28/h1-11H,(H,26,27). The molecule has 0 aliphatic carbocycles. The van der Waals surface area contributed by atoms with Gasteiger partial charge >= 0.3 is 5.63 Å². The molecule has 29 heavy (non-hydrogen) atoms. The maximum Gasteiger partial charge on any atom is 0.344 e. The number of para-hydroxylation sites is 1. The van der Waals surface area contributed by atoms with Crippen molar-refractivity contribution in [1.82, 2.24) is 0 Å². The molecule has 0 radical (unpaired) electrons. The Labute approximate surface area is 180 Å². The minimum Gasteiger partial charge on any atom is -0.422 e. The quantitative estimate of drug-likeness (QED) is 0.283. The van der Waals surface area contributed by atoms with Gasteiger partial charge in [0.2, 0.25) is 0 Å². The van der Waals surface area contributed by atoms with Gasteiger partial charge in [-0.2, -0.15) is 0 Å². The first kappa shape index (κ1) is 19.5. The van der Waals surface area contributed by atoms with E-state index in [1.54, 1.807) is 42.5 Å². The van der Waals surface area contributed by atoms with Crippen molar-refractivity contribution in [2.75, 3.05) is 5.32 Å². The molecule has 1 N–H and O–H groups in total. The number of nitrogens with one attached hydrogen (secondary N) is 1. The van der Waals surface area contributed by atoms with Crippen LogP contribution in [0.15, 0.2) is 75.9 Å². The summed E-state index contributed by atoms with van der Waals surface area (Å²) in [6.07, 6.45) is 0. The van der Waals surface area contributed by atoms with Crippen LogP contribution in [0.25, 0.3) is 22.1 Å². The third-order valence-electron chi connectivity index (χ3n) is 4.36. The Hall–Kier alpha value is -2.79. The van der Waals surface area contributed by atoms with Crippen LogP contribution >= 0.6 is 34.8 Å². The number of halogens is 3. The lowest BCUT2D eigenvalue weighted by atomic mass is 10.0. The molecule has 4 rings (SSSR count). The van der Waals surface area contributed by atoms with E-state index in [4.69, 9.17) is 39.2 Å². The Bertz CT molecular complexity index is 1300. The molecule has 3 aromatic carbocycles. The van der Waals surface area contributed by atoms with Crippen molar-refractivity contribution in [3.05, 3.63) is 97.8 Å². The Morgan fingerprint density at radius 3 is 2.28 bits per heavy atom. The molecule has 1 aromatic heterocycles.